The zero-order valence-electron chi connectivity index (χ0n) is 18.1. The lowest BCUT2D eigenvalue weighted by molar-refractivity contribution is 0.686. The molecular weight excluding hydrogens is 394 g/mol. The van der Waals surface area contributed by atoms with Crippen LogP contribution in [-0.4, -0.2) is 15.2 Å². The van der Waals surface area contributed by atoms with Gasteiger partial charge in [0.2, 0.25) is 0 Å². The third kappa shape index (κ3) is 3.46. The van der Waals surface area contributed by atoms with Gasteiger partial charge < -0.3 is 5.73 Å². The number of nitrogen functional groups attached to an aromatic ring is 1. The summed E-state index contributed by atoms with van der Waals surface area (Å²) in [7, 11) is 0. The second kappa shape index (κ2) is 7.51. The molecule has 0 aliphatic heterocycles. The van der Waals surface area contributed by atoms with E-state index in [1.807, 2.05) is 38.2 Å². The van der Waals surface area contributed by atoms with Crippen LogP contribution in [0.5, 0.6) is 0 Å². The van der Waals surface area contributed by atoms with Crippen molar-refractivity contribution >= 4 is 27.5 Å². The molecule has 0 amide bonds. The largest absolute Gasteiger partial charge is 0.397 e. The van der Waals surface area contributed by atoms with Gasteiger partial charge in [0.05, 0.1) is 40.6 Å². The first kappa shape index (κ1) is 19.8. The summed E-state index contributed by atoms with van der Waals surface area (Å²) in [5.74, 6) is 0. The van der Waals surface area contributed by atoms with Crippen LogP contribution >= 0.6 is 0 Å². The van der Waals surface area contributed by atoms with Crippen LogP contribution < -0.4 is 5.73 Å². The van der Waals surface area contributed by atoms with Crippen molar-refractivity contribution in [3.63, 3.8) is 0 Å². The van der Waals surface area contributed by atoms with Gasteiger partial charge in [0.1, 0.15) is 0 Å². The molecule has 0 saturated heterocycles. The minimum absolute atomic E-state index is 0.508. The summed E-state index contributed by atoms with van der Waals surface area (Å²) < 4.78 is 0. The highest BCUT2D eigenvalue weighted by Gasteiger charge is 2.19. The predicted octanol–water partition coefficient (Wildman–Crippen LogP) is 5.75. The van der Waals surface area contributed by atoms with E-state index in [-0.39, 0.29) is 0 Å². The van der Waals surface area contributed by atoms with E-state index in [4.69, 9.17) is 5.73 Å². The highest BCUT2D eigenvalue weighted by molar-refractivity contribution is 5.92. The van der Waals surface area contributed by atoms with E-state index in [1.54, 1.807) is 6.20 Å². The maximum atomic E-state index is 9.39. The Morgan fingerprint density at radius 3 is 2.50 bits per heavy atom. The third-order valence-corrected chi connectivity index (χ3v) is 6.12. The number of nitrogens with one attached hydrogen (secondary N) is 1. The van der Waals surface area contributed by atoms with Crippen molar-refractivity contribution in [1.82, 2.24) is 15.2 Å². The van der Waals surface area contributed by atoms with E-state index in [0.717, 1.165) is 49.6 Å². The van der Waals surface area contributed by atoms with Gasteiger partial charge >= 0.3 is 0 Å². The van der Waals surface area contributed by atoms with Crippen molar-refractivity contribution in [3.8, 4) is 17.2 Å². The second-order valence-electron chi connectivity index (χ2n) is 8.71. The number of fused-ring (bicyclic) bond motifs is 2. The Labute approximate surface area is 186 Å². The van der Waals surface area contributed by atoms with Gasteiger partial charge in [0, 0.05) is 17.2 Å². The lowest BCUT2D eigenvalue weighted by atomic mass is 9.85. The fourth-order valence-electron chi connectivity index (χ4n) is 4.06. The van der Waals surface area contributed by atoms with E-state index >= 15 is 0 Å². The molecule has 32 heavy (non-hydrogen) atoms. The molecule has 0 aliphatic rings. The van der Waals surface area contributed by atoms with Gasteiger partial charge in [-0.05, 0) is 59.9 Å². The normalized spacial score (nSPS) is 11.7. The number of pyridine rings is 1. The van der Waals surface area contributed by atoms with Crippen molar-refractivity contribution in [3.05, 3.63) is 89.7 Å². The number of aromatic nitrogens is 3. The van der Waals surface area contributed by atoms with Crippen LogP contribution in [0.2, 0.25) is 0 Å². The summed E-state index contributed by atoms with van der Waals surface area (Å²) in [5.41, 5.74) is 13.9. The number of nitriles is 1. The molecule has 0 radical (unpaired) electrons. The van der Waals surface area contributed by atoms with Gasteiger partial charge in [-0.25, -0.2) is 0 Å². The number of aromatic amines is 1. The van der Waals surface area contributed by atoms with E-state index < -0.39 is 5.41 Å². The molecule has 156 valence electrons. The number of H-pyrrole nitrogens is 1. The van der Waals surface area contributed by atoms with Gasteiger partial charge in [-0.1, -0.05) is 42.5 Å². The van der Waals surface area contributed by atoms with Gasteiger partial charge in [-0.2, -0.15) is 10.4 Å². The molecule has 3 N–H and O–H groups in total. The van der Waals surface area contributed by atoms with Crippen LogP contribution in [0.3, 0.4) is 0 Å². The number of hydrogen-bond acceptors (Lipinski definition) is 4. The average Bonchev–Trinajstić information content (AvgIpc) is 3.29. The molecule has 5 aromatic rings. The van der Waals surface area contributed by atoms with Crippen LogP contribution in [0.4, 0.5) is 5.69 Å². The van der Waals surface area contributed by atoms with E-state index in [0.29, 0.717) is 12.1 Å². The van der Waals surface area contributed by atoms with Crippen LogP contribution in [0, 0.1) is 11.3 Å². The first-order valence-electron chi connectivity index (χ1n) is 10.6. The molecule has 0 unspecified atom stereocenters. The highest BCUT2D eigenvalue weighted by Crippen LogP contribution is 2.31. The zero-order chi connectivity index (χ0) is 22.3. The summed E-state index contributed by atoms with van der Waals surface area (Å²) in [6.07, 6.45) is 4.26. The van der Waals surface area contributed by atoms with Crippen molar-refractivity contribution < 1.29 is 0 Å². The molecule has 0 spiro atoms. The Balaban J connectivity index is 1.56. The molecule has 5 heteroatoms. The Morgan fingerprint density at radius 2 is 1.72 bits per heavy atom. The topological polar surface area (TPSA) is 91.4 Å². The number of nitrogens with two attached hydrogens (primary N) is 1. The Kier molecular flexibility index (Phi) is 4.64. The molecule has 0 saturated carbocycles. The quantitative estimate of drug-likeness (QED) is 0.389. The van der Waals surface area contributed by atoms with Gasteiger partial charge in [0.25, 0.3) is 0 Å². The van der Waals surface area contributed by atoms with E-state index in [2.05, 4.69) is 63.7 Å². The van der Waals surface area contributed by atoms with Crippen LogP contribution in [-0.2, 0) is 11.8 Å². The molecule has 0 aliphatic carbocycles. The third-order valence-electron chi connectivity index (χ3n) is 6.12. The lowest BCUT2D eigenvalue weighted by Gasteiger charge is -2.16. The zero-order valence-corrected chi connectivity index (χ0v) is 18.1. The molecule has 2 heterocycles. The molecule has 3 aromatic carbocycles. The molecule has 2 aromatic heterocycles. The van der Waals surface area contributed by atoms with Crippen LogP contribution in [0.25, 0.3) is 32.9 Å². The van der Waals surface area contributed by atoms with Crippen LogP contribution in [0.1, 0.15) is 30.5 Å². The van der Waals surface area contributed by atoms with E-state index in [9.17, 15) is 5.26 Å². The molecule has 0 fully saturated rings. The van der Waals surface area contributed by atoms with Crippen molar-refractivity contribution in [2.24, 2.45) is 0 Å². The van der Waals surface area contributed by atoms with Crippen molar-refractivity contribution in [2.75, 3.05) is 5.73 Å². The first-order chi connectivity index (χ1) is 15.4. The fourth-order valence-corrected chi connectivity index (χ4v) is 4.06. The van der Waals surface area contributed by atoms with Gasteiger partial charge in [0.15, 0.2) is 0 Å². The number of nitrogens with zero attached hydrogens (tertiary/aromatic N) is 3. The Morgan fingerprint density at radius 1 is 0.969 bits per heavy atom. The van der Waals surface area contributed by atoms with Crippen molar-refractivity contribution in [1.29, 1.82) is 5.26 Å². The maximum Gasteiger partial charge on any atom is 0.0766 e. The number of rotatable bonds is 4. The van der Waals surface area contributed by atoms with E-state index in [1.165, 1.54) is 0 Å². The summed E-state index contributed by atoms with van der Waals surface area (Å²) >= 11 is 0. The smallest absolute Gasteiger partial charge is 0.0766 e. The predicted molar refractivity (Wildman–Crippen MR) is 129 cm³/mol. The average molecular weight is 418 g/mol. The van der Waals surface area contributed by atoms with Gasteiger partial charge in [-0.15, -0.1) is 0 Å². The van der Waals surface area contributed by atoms with Crippen LogP contribution in [0.15, 0.2) is 73.1 Å². The fraction of sp³-hybridized carbons (Fsp3) is 0.148. The number of benzene rings is 3. The standard InChI is InChI=1S/C27H23N5/c1-27(2,16-28)21-8-3-17(4-9-21)11-22-23-12-18(7-10-25(23)30-15-24(22)29)19-5-6-20-14-31-32-26(20)13-19/h3-10,12-15H,11,29H2,1-2H3,(H,31,32). The molecule has 5 rings (SSSR count). The molecule has 0 bridgehead atoms. The van der Waals surface area contributed by atoms with Gasteiger partial charge in [-0.3, -0.25) is 10.1 Å². The first-order valence-corrected chi connectivity index (χ1v) is 10.6. The molecular formula is C27H23N5. The Hall–Kier alpha value is -4.17. The summed E-state index contributed by atoms with van der Waals surface area (Å²) in [4.78, 5) is 4.54. The SMILES string of the molecule is CC(C)(C#N)c1ccc(Cc2c(N)cnc3ccc(-c4ccc5cn[nH]c5c4)cc23)cc1. The highest BCUT2D eigenvalue weighted by atomic mass is 15.1. The molecule has 0 atom stereocenters. The Bertz CT molecular complexity index is 1490. The lowest BCUT2D eigenvalue weighted by Crippen LogP contribution is -2.13. The van der Waals surface area contributed by atoms with Crippen molar-refractivity contribution in [2.45, 2.75) is 25.7 Å². The minimum atomic E-state index is -0.508. The summed E-state index contributed by atoms with van der Waals surface area (Å²) in [5, 5.41) is 18.7. The monoisotopic (exact) mass is 417 g/mol. The summed E-state index contributed by atoms with van der Waals surface area (Å²) in [6, 6.07) is 23.2. The maximum absolute atomic E-state index is 9.39. The second-order valence-corrected chi connectivity index (χ2v) is 8.71. The molecule has 5 nitrogen and oxygen atoms in total. The number of hydrogen-bond donors (Lipinski definition) is 2. The minimum Gasteiger partial charge on any atom is -0.397 e. The summed E-state index contributed by atoms with van der Waals surface area (Å²) in [6.45, 7) is 3.86. The number of anilines is 1.